The van der Waals surface area contributed by atoms with Crippen molar-refractivity contribution in [1.82, 2.24) is 20.4 Å². The molecule has 6 nitrogen and oxygen atoms in total. The third-order valence-corrected chi connectivity index (χ3v) is 4.73. The fraction of sp³-hybridized carbons (Fsp3) is 0.556. The lowest BCUT2D eigenvalue weighted by molar-refractivity contribution is -0.130. The average molecular weight is 367 g/mol. The van der Waals surface area contributed by atoms with Gasteiger partial charge < -0.3 is 20.4 Å². The summed E-state index contributed by atoms with van der Waals surface area (Å²) in [5, 5.41) is 6.18. The first-order valence-electron chi connectivity index (χ1n) is 8.82. The molecule has 0 atom stereocenters. The summed E-state index contributed by atoms with van der Waals surface area (Å²) >= 11 is 0. The van der Waals surface area contributed by atoms with Gasteiger partial charge in [-0.1, -0.05) is 24.3 Å². The number of nitrogens with zero attached hydrogens (tertiary/aromatic N) is 2. The molecule has 0 aliphatic carbocycles. The van der Waals surface area contributed by atoms with Gasteiger partial charge in [0.1, 0.15) is 0 Å². The quantitative estimate of drug-likeness (QED) is 0.849. The number of carbonyl (C=O) groups excluding carboxylic acids is 2. The summed E-state index contributed by atoms with van der Waals surface area (Å²) in [7, 11) is 0. The van der Waals surface area contributed by atoms with Crippen LogP contribution in [0.4, 0.5) is 4.79 Å². The number of nitrogens with one attached hydrogen (secondary N) is 2. The summed E-state index contributed by atoms with van der Waals surface area (Å²) in [4.78, 5) is 28.2. The molecule has 0 saturated carbocycles. The van der Waals surface area contributed by atoms with Crippen LogP contribution < -0.4 is 10.6 Å². The van der Waals surface area contributed by atoms with Crippen LogP contribution in [-0.4, -0.2) is 61.0 Å². The van der Waals surface area contributed by atoms with E-state index in [1.807, 2.05) is 21.9 Å². The Morgan fingerprint density at radius 1 is 1.04 bits per heavy atom. The predicted molar refractivity (Wildman–Crippen MR) is 99.9 cm³/mol. The molecule has 2 heterocycles. The molecule has 2 N–H and O–H groups in total. The van der Waals surface area contributed by atoms with Crippen LogP contribution in [0.2, 0.25) is 0 Å². The largest absolute Gasteiger partial charge is 0.341 e. The van der Waals surface area contributed by atoms with Crippen LogP contribution in [-0.2, 0) is 17.8 Å². The molecule has 2 aliphatic heterocycles. The van der Waals surface area contributed by atoms with Crippen LogP contribution in [0.1, 0.15) is 24.0 Å². The van der Waals surface area contributed by atoms with Gasteiger partial charge in [0.15, 0.2) is 0 Å². The van der Waals surface area contributed by atoms with Gasteiger partial charge in [-0.05, 0) is 30.5 Å². The Balaban J connectivity index is 0.00000225. The Labute approximate surface area is 155 Å². The Morgan fingerprint density at radius 2 is 1.84 bits per heavy atom. The predicted octanol–water partition coefficient (Wildman–Crippen LogP) is 1.39. The first-order valence-corrected chi connectivity index (χ1v) is 8.82. The zero-order valence-electron chi connectivity index (χ0n) is 14.5. The lowest BCUT2D eigenvalue weighted by atomic mass is 10.0. The number of rotatable bonds is 3. The second kappa shape index (κ2) is 9.63. The topological polar surface area (TPSA) is 64.7 Å². The third kappa shape index (κ3) is 5.34. The van der Waals surface area contributed by atoms with Gasteiger partial charge in [-0.2, -0.15) is 0 Å². The van der Waals surface area contributed by atoms with Crippen molar-refractivity contribution in [2.75, 3.05) is 39.3 Å². The SMILES string of the molecule is Cl.O=C(CCNC(=O)N1CCc2ccccc2C1)N1CCCNCC1. The Kier molecular flexibility index (Phi) is 7.52. The highest BCUT2D eigenvalue weighted by atomic mass is 35.5. The van der Waals surface area contributed by atoms with Gasteiger partial charge in [0, 0.05) is 45.7 Å². The maximum absolute atomic E-state index is 12.3. The van der Waals surface area contributed by atoms with Crippen molar-refractivity contribution in [3.63, 3.8) is 0 Å². The molecular weight excluding hydrogens is 340 g/mol. The first kappa shape index (κ1) is 19.5. The Morgan fingerprint density at radius 3 is 2.68 bits per heavy atom. The summed E-state index contributed by atoms with van der Waals surface area (Å²) in [6.07, 6.45) is 2.25. The summed E-state index contributed by atoms with van der Waals surface area (Å²) in [6, 6.07) is 8.17. The first-order chi connectivity index (χ1) is 11.7. The number of fused-ring (bicyclic) bond motifs is 1. The summed E-state index contributed by atoms with van der Waals surface area (Å²) in [5.74, 6) is 0.128. The zero-order valence-corrected chi connectivity index (χ0v) is 15.3. The lowest BCUT2D eigenvalue weighted by Gasteiger charge is -2.29. The van der Waals surface area contributed by atoms with E-state index in [1.165, 1.54) is 11.1 Å². The minimum Gasteiger partial charge on any atom is -0.341 e. The van der Waals surface area contributed by atoms with E-state index in [1.54, 1.807) is 0 Å². The van der Waals surface area contributed by atoms with E-state index in [2.05, 4.69) is 22.8 Å². The molecule has 138 valence electrons. The van der Waals surface area contributed by atoms with Crippen LogP contribution in [0.5, 0.6) is 0 Å². The molecule has 0 bridgehead atoms. The molecular formula is C18H27ClN4O2. The van der Waals surface area contributed by atoms with E-state index in [-0.39, 0.29) is 24.3 Å². The highest BCUT2D eigenvalue weighted by Crippen LogP contribution is 2.18. The molecule has 0 aromatic heterocycles. The number of benzene rings is 1. The van der Waals surface area contributed by atoms with Crippen molar-refractivity contribution in [2.45, 2.75) is 25.8 Å². The number of carbonyl (C=O) groups is 2. The van der Waals surface area contributed by atoms with Gasteiger partial charge in [-0.25, -0.2) is 4.79 Å². The number of amides is 3. The third-order valence-electron chi connectivity index (χ3n) is 4.73. The number of halogens is 1. The molecule has 0 spiro atoms. The average Bonchev–Trinajstić information content (AvgIpc) is 2.90. The molecule has 0 radical (unpaired) electrons. The van der Waals surface area contributed by atoms with Gasteiger partial charge in [0.05, 0.1) is 0 Å². The standard InChI is InChI=1S/C18H26N4O2.ClH/c23-17(21-11-3-8-19-10-13-21)6-9-20-18(24)22-12-7-15-4-1-2-5-16(15)14-22;/h1-2,4-5,19H,3,6-14H2,(H,20,24);1H. The van der Waals surface area contributed by atoms with E-state index in [0.717, 1.165) is 45.6 Å². The van der Waals surface area contributed by atoms with Crippen LogP contribution in [0.15, 0.2) is 24.3 Å². The monoisotopic (exact) mass is 366 g/mol. The van der Waals surface area contributed by atoms with Crippen molar-refractivity contribution in [2.24, 2.45) is 0 Å². The van der Waals surface area contributed by atoms with E-state index in [0.29, 0.717) is 19.5 Å². The molecule has 25 heavy (non-hydrogen) atoms. The smallest absolute Gasteiger partial charge is 0.317 e. The molecule has 1 fully saturated rings. The summed E-state index contributed by atoms with van der Waals surface area (Å²) < 4.78 is 0. The van der Waals surface area contributed by atoms with Crippen LogP contribution in [0, 0.1) is 0 Å². The van der Waals surface area contributed by atoms with Gasteiger partial charge in [0.25, 0.3) is 0 Å². The molecule has 2 aliphatic rings. The second-order valence-electron chi connectivity index (χ2n) is 6.41. The van der Waals surface area contributed by atoms with Crippen molar-refractivity contribution in [1.29, 1.82) is 0 Å². The normalized spacial score (nSPS) is 17.1. The van der Waals surface area contributed by atoms with E-state index < -0.39 is 0 Å². The van der Waals surface area contributed by atoms with E-state index in [4.69, 9.17) is 0 Å². The van der Waals surface area contributed by atoms with Crippen LogP contribution in [0.25, 0.3) is 0 Å². The zero-order chi connectivity index (χ0) is 16.8. The maximum atomic E-state index is 12.3. The molecule has 1 saturated heterocycles. The van der Waals surface area contributed by atoms with Crippen molar-refractivity contribution in [3.8, 4) is 0 Å². The number of hydrogen-bond donors (Lipinski definition) is 2. The fourth-order valence-electron chi connectivity index (χ4n) is 3.31. The van der Waals surface area contributed by atoms with Crippen LogP contribution >= 0.6 is 12.4 Å². The lowest BCUT2D eigenvalue weighted by Crippen LogP contribution is -2.44. The molecule has 3 rings (SSSR count). The second-order valence-corrected chi connectivity index (χ2v) is 6.41. The number of urea groups is 1. The molecule has 1 aromatic rings. The van der Waals surface area contributed by atoms with Gasteiger partial charge >= 0.3 is 6.03 Å². The van der Waals surface area contributed by atoms with Crippen molar-refractivity contribution < 1.29 is 9.59 Å². The molecule has 1 aromatic carbocycles. The molecule has 0 unspecified atom stereocenters. The summed E-state index contributed by atoms with van der Waals surface area (Å²) in [5.41, 5.74) is 2.54. The highest BCUT2D eigenvalue weighted by molar-refractivity contribution is 5.85. The van der Waals surface area contributed by atoms with Gasteiger partial charge in [-0.3, -0.25) is 4.79 Å². The minimum atomic E-state index is -0.0742. The summed E-state index contributed by atoms with van der Waals surface area (Å²) in [6.45, 7) is 5.17. The van der Waals surface area contributed by atoms with E-state index in [9.17, 15) is 9.59 Å². The van der Waals surface area contributed by atoms with E-state index >= 15 is 0 Å². The molecule has 7 heteroatoms. The Bertz CT molecular complexity index is 588. The van der Waals surface area contributed by atoms with Crippen molar-refractivity contribution in [3.05, 3.63) is 35.4 Å². The Hall–Kier alpha value is -1.79. The maximum Gasteiger partial charge on any atom is 0.317 e. The van der Waals surface area contributed by atoms with Gasteiger partial charge in [-0.15, -0.1) is 12.4 Å². The highest BCUT2D eigenvalue weighted by Gasteiger charge is 2.20. The van der Waals surface area contributed by atoms with Crippen molar-refractivity contribution >= 4 is 24.3 Å². The number of hydrogen-bond acceptors (Lipinski definition) is 3. The van der Waals surface area contributed by atoms with Crippen LogP contribution in [0.3, 0.4) is 0 Å². The fourth-order valence-corrected chi connectivity index (χ4v) is 3.31. The molecule has 3 amide bonds. The minimum absolute atomic E-state index is 0. The van der Waals surface area contributed by atoms with Gasteiger partial charge in [0.2, 0.25) is 5.91 Å².